The Morgan fingerprint density at radius 3 is 2.82 bits per heavy atom. The van der Waals surface area contributed by atoms with Gasteiger partial charge in [0.1, 0.15) is 5.82 Å². The van der Waals surface area contributed by atoms with Gasteiger partial charge in [0.05, 0.1) is 0 Å². The van der Waals surface area contributed by atoms with E-state index in [1.54, 1.807) is 12.1 Å². The number of hydrogen-bond acceptors (Lipinski definition) is 2. The van der Waals surface area contributed by atoms with E-state index in [-0.39, 0.29) is 5.82 Å². The van der Waals surface area contributed by atoms with Crippen LogP contribution in [0.4, 0.5) is 10.1 Å². The van der Waals surface area contributed by atoms with Gasteiger partial charge in [0.2, 0.25) is 0 Å². The van der Waals surface area contributed by atoms with Crippen LogP contribution in [0.25, 0.3) is 0 Å². The van der Waals surface area contributed by atoms with Crippen molar-refractivity contribution in [2.45, 2.75) is 19.3 Å². The predicted molar refractivity (Wildman–Crippen MR) is 69.9 cm³/mol. The maximum Gasteiger partial charge on any atom is 0.123 e. The van der Waals surface area contributed by atoms with Crippen LogP contribution in [-0.4, -0.2) is 26.7 Å². The van der Waals surface area contributed by atoms with Crippen molar-refractivity contribution in [1.82, 2.24) is 5.32 Å². The van der Waals surface area contributed by atoms with E-state index < -0.39 is 0 Å². The van der Waals surface area contributed by atoms with Gasteiger partial charge >= 0.3 is 0 Å². The number of hydrogen-bond donors (Lipinski definition) is 1. The van der Waals surface area contributed by atoms with Crippen molar-refractivity contribution in [2.75, 3.05) is 31.6 Å². The third-order valence-electron chi connectivity index (χ3n) is 3.52. The van der Waals surface area contributed by atoms with Crippen LogP contribution < -0.4 is 10.2 Å². The van der Waals surface area contributed by atoms with Crippen molar-refractivity contribution in [3.63, 3.8) is 0 Å². The van der Waals surface area contributed by atoms with Gasteiger partial charge in [-0.25, -0.2) is 4.39 Å². The highest BCUT2D eigenvalue weighted by molar-refractivity contribution is 5.47. The summed E-state index contributed by atoms with van der Waals surface area (Å²) in [7, 11) is 2.00. The highest BCUT2D eigenvalue weighted by atomic mass is 19.1. The highest BCUT2D eigenvalue weighted by Crippen LogP contribution is 2.26. The first kappa shape index (κ1) is 12.4. The fraction of sp³-hybridized carbons (Fsp3) is 0.571. The number of benzene rings is 1. The zero-order valence-electron chi connectivity index (χ0n) is 10.5. The fourth-order valence-corrected chi connectivity index (χ4v) is 2.52. The Hall–Kier alpha value is -1.09. The molecule has 2 rings (SSSR count). The van der Waals surface area contributed by atoms with E-state index in [1.165, 1.54) is 19.3 Å². The highest BCUT2D eigenvalue weighted by Gasteiger charge is 2.21. The van der Waals surface area contributed by atoms with Crippen LogP contribution >= 0.6 is 0 Å². The maximum absolute atomic E-state index is 12.8. The molecule has 0 saturated carbocycles. The standard InChI is InChI=1S/C14H21FN2/c1-16-9-2-3-12-8-10-17(11-12)14-6-4-13(15)5-7-14/h4-7,12,16H,2-3,8-11H2,1H3. The maximum atomic E-state index is 12.8. The molecule has 1 aliphatic rings. The van der Waals surface area contributed by atoms with Crippen LogP contribution in [0.15, 0.2) is 24.3 Å². The van der Waals surface area contributed by atoms with Crippen LogP contribution in [0.5, 0.6) is 0 Å². The van der Waals surface area contributed by atoms with E-state index in [0.29, 0.717) is 0 Å². The number of anilines is 1. The molecule has 0 radical (unpaired) electrons. The lowest BCUT2D eigenvalue weighted by Gasteiger charge is -2.18. The average molecular weight is 236 g/mol. The molecule has 0 aliphatic carbocycles. The van der Waals surface area contributed by atoms with Crippen LogP contribution in [0.2, 0.25) is 0 Å². The average Bonchev–Trinajstić information content (AvgIpc) is 2.79. The van der Waals surface area contributed by atoms with Gasteiger partial charge in [-0.05, 0) is 63.0 Å². The lowest BCUT2D eigenvalue weighted by Crippen LogP contribution is -2.19. The molecule has 3 heteroatoms. The van der Waals surface area contributed by atoms with Gasteiger partial charge in [0.15, 0.2) is 0 Å². The molecule has 1 N–H and O–H groups in total. The van der Waals surface area contributed by atoms with E-state index in [2.05, 4.69) is 10.2 Å². The molecule has 2 nitrogen and oxygen atoms in total. The second kappa shape index (κ2) is 6.01. The smallest absolute Gasteiger partial charge is 0.123 e. The largest absolute Gasteiger partial charge is 0.371 e. The van der Waals surface area contributed by atoms with Crippen LogP contribution in [0.3, 0.4) is 0 Å². The summed E-state index contributed by atoms with van der Waals surface area (Å²) in [6, 6.07) is 6.85. The number of halogens is 1. The summed E-state index contributed by atoms with van der Waals surface area (Å²) in [6.07, 6.45) is 3.80. The van der Waals surface area contributed by atoms with Crippen molar-refractivity contribution >= 4 is 5.69 Å². The first-order chi connectivity index (χ1) is 8.29. The molecular weight excluding hydrogens is 215 g/mol. The van der Waals surface area contributed by atoms with Gasteiger partial charge in [-0.2, -0.15) is 0 Å². The van der Waals surface area contributed by atoms with Crippen LogP contribution in [0.1, 0.15) is 19.3 Å². The first-order valence-electron chi connectivity index (χ1n) is 6.44. The summed E-state index contributed by atoms with van der Waals surface area (Å²) >= 11 is 0. The first-order valence-corrected chi connectivity index (χ1v) is 6.44. The molecule has 1 heterocycles. The van der Waals surface area contributed by atoms with Gasteiger partial charge in [-0.15, -0.1) is 0 Å². The quantitative estimate of drug-likeness (QED) is 0.791. The van der Waals surface area contributed by atoms with E-state index in [0.717, 1.165) is 31.2 Å². The van der Waals surface area contributed by atoms with Crippen molar-refractivity contribution in [2.24, 2.45) is 5.92 Å². The summed E-state index contributed by atoms with van der Waals surface area (Å²) in [5.74, 6) is 0.645. The van der Waals surface area contributed by atoms with Crippen molar-refractivity contribution in [3.8, 4) is 0 Å². The summed E-state index contributed by atoms with van der Waals surface area (Å²) in [6.45, 7) is 3.33. The van der Waals surface area contributed by atoms with Gasteiger partial charge in [-0.1, -0.05) is 0 Å². The van der Waals surface area contributed by atoms with E-state index >= 15 is 0 Å². The molecule has 1 unspecified atom stereocenters. The summed E-state index contributed by atoms with van der Waals surface area (Å²) in [4.78, 5) is 2.36. The Balaban J connectivity index is 1.83. The topological polar surface area (TPSA) is 15.3 Å². The second-order valence-electron chi connectivity index (χ2n) is 4.82. The lowest BCUT2D eigenvalue weighted by atomic mass is 10.0. The Bertz CT molecular complexity index is 337. The molecule has 0 amide bonds. The SMILES string of the molecule is CNCCCC1CCN(c2ccc(F)cc2)C1. The van der Waals surface area contributed by atoms with E-state index in [1.807, 2.05) is 19.2 Å². The van der Waals surface area contributed by atoms with Gasteiger partial charge < -0.3 is 10.2 Å². The number of rotatable bonds is 5. The molecular formula is C14H21FN2. The van der Waals surface area contributed by atoms with Gasteiger partial charge in [-0.3, -0.25) is 0 Å². The van der Waals surface area contributed by atoms with Crippen LogP contribution in [0, 0.1) is 11.7 Å². The number of nitrogens with one attached hydrogen (secondary N) is 1. The van der Waals surface area contributed by atoms with Gasteiger partial charge in [0.25, 0.3) is 0 Å². The molecule has 1 fully saturated rings. The van der Waals surface area contributed by atoms with Crippen molar-refractivity contribution in [3.05, 3.63) is 30.1 Å². The Labute approximate surface area is 103 Å². The molecule has 0 aromatic heterocycles. The molecule has 1 saturated heterocycles. The monoisotopic (exact) mass is 236 g/mol. The van der Waals surface area contributed by atoms with Gasteiger partial charge in [0, 0.05) is 18.8 Å². The molecule has 0 spiro atoms. The Morgan fingerprint density at radius 2 is 2.12 bits per heavy atom. The lowest BCUT2D eigenvalue weighted by molar-refractivity contribution is 0.506. The molecule has 1 aromatic rings. The van der Waals surface area contributed by atoms with Crippen LogP contribution in [-0.2, 0) is 0 Å². The molecule has 94 valence electrons. The zero-order chi connectivity index (χ0) is 12.1. The molecule has 1 atom stereocenters. The van der Waals surface area contributed by atoms with Crippen molar-refractivity contribution < 1.29 is 4.39 Å². The minimum atomic E-state index is -0.154. The third-order valence-corrected chi connectivity index (χ3v) is 3.52. The third kappa shape index (κ3) is 3.43. The minimum absolute atomic E-state index is 0.154. The normalized spacial score (nSPS) is 19.9. The summed E-state index contributed by atoms with van der Waals surface area (Å²) < 4.78 is 12.8. The summed E-state index contributed by atoms with van der Waals surface area (Å²) in [5, 5.41) is 3.19. The summed E-state index contributed by atoms with van der Waals surface area (Å²) in [5.41, 5.74) is 1.16. The Kier molecular flexibility index (Phi) is 4.37. The fourth-order valence-electron chi connectivity index (χ4n) is 2.52. The Morgan fingerprint density at radius 1 is 1.35 bits per heavy atom. The number of nitrogens with zero attached hydrogens (tertiary/aromatic N) is 1. The molecule has 1 aromatic carbocycles. The van der Waals surface area contributed by atoms with Crippen molar-refractivity contribution in [1.29, 1.82) is 0 Å². The van der Waals surface area contributed by atoms with E-state index in [4.69, 9.17) is 0 Å². The molecule has 1 aliphatic heterocycles. The molecule has 17 heavy (non-hydrogen) atoms. The minimum Gasteiger partial charge on any atom is -0.371 e. The molecule has 0 bridgehead atoms. The zero-order valence-corrected chi connectivity index (χ0v) is 10.5. The predicted octanol–water partition coefficient (Wildman–Crippen LogP) is 2.65. The van der Waals surface area contributed by atoms with E-state index in [9.17, 15) is 4.39 Å². The second-order valence-corrected chi connectivity index (χ2v) is 4.82.